The smallest absolute Gasteiger partial charge is 0.323 e. The van der Waals surface area contributed by atoms with Crippen molar-refractivity contribution in [3.05, 3.63) is 28.2 Å². The summed E-state index contributed by atoms with van der Waals surface area (Å²) in [5.41, 5.74) is 2.90. The Hall–Kier alpha value is -1.83. The molecule has 0 atom stereocenters. The lowest BCUT2D eigenvalue weighted by molar-refractivity contribution is 0.312. The predicted octanol–water partition coefficient (Wildman–Crippen LogP) is 2.61. The second-order valence-electron chi connectivity index (χ2n) is 3.57. The normalized spacial score (nSPS) is 10.2. The zero-order valence-corrected chi connectivity index (χ0v) is 12.0. The molecule has 0 saturated carbocycles. The van der Waals surface area contributed by atoms with Crippen LogP contribution in [-0.4, -0.2) is 21.6 Å². The van der Waals surface area contributed by atoms with Crippen molar-refractivity contribution in [2.75, 3.05) is 17.3 Å². The van der Waals surface area contributed by atoms with Crippen LogP contribution in [0, 0.1) is 0 Å². The topological polar surface area (TPSA) is 98.0 Å². The lowest BCUT2D eigenvalue weighted by Gasteiger charge is -2.10. The van der Waals surface area contributed by atoms with Gasteiger partial charge in [-0.05, 0) is 19.1 Å². The Morgan fingerprint density at radius 3 is 2.65 bits per heavy atom. The first-order valence-corrected chi connectivity index (χ1v) is 6.46. The molecule has 0 unspecified atom stereocenters. The van der Waals surface area contributed by atoms with Crippen molar-refractivity contribution in [3.8, 4) is 6.01 Å². The minimum atomic E-state index is 0.149. The molecule has 106 valence electrons. The summed E-state index contributed by atoms with van der Waals surface area (Å²) in [5, 5.41) is 3.73. The molecule has 0 spiro atoms. The largest absolute Gasteiger partial charge is 0.464 e. The third-order valence-corrected chi connectivity index (χ3v) is 3.03. The van der Waals surface area contributed by atoms with Gasteiger partial charge >= 0.3 is 6.01 Å². The Balaban J connectivity index is 2.32. The minimum Gasteiger partial charge on any atom is -0.464 e. The number of halogens is 2. The van der Waals surface area contributed by atoms with Gasteiger partial charge in [-0.15, -0.1) is 0 Å². The minimum absolute atomic E-state index is 0.149. The van der Waals surface area contributed by atoms with Gasteiger partial charge in [0.25, 0.3) is 0 Å². The Labute approximate surface area is 125 Å². The predicted molar refractivity (Wildman–Crippen MR) is 78.6 cm³/mol. The molecule has 7 nitrogen and oxygen atoms in total. The van der Waals surface area contributed by atoms with E-state index in [0.717, 1.165) is 0 Å². The lowest BCUT2D eigenvalue weighted by Crippen LogP contribution is -2.13. The first kappa shape index (κ1) is 14.6. The lowest BCUT2D eigenvalue weighted by atomic mass is 10.3. The molecule has 0 aliphatic heterocycles. The summed E-state index contributed by atoms with van der Waals surface area (Å²) >= 11 is 12.0. The summed E-state index contributed by atoms with van der Waals surface area (Å²) < 4.78 is 5.22. The molecule has 0 saturated heterocycles. The van der Waals surface area contributed by atoms with Crippen LogP contribution >= 0.6 is 23.2 Å². The van der Waals surface area contributed by atoms with Gasteiger partial charge in [0.15, 0.2) is 0 Å². The van der Waals surface area contributed by atoms with E-state index < -0.39 is 0 Å². The van der Waals surface area contributed by atoms with Crippen molar-refractivity contribution in [3.63, 3.8) is 0 Å². The second-order valence-corrected chi connectivity index (χ2v) is 4.35. The Kier molecular flexibility index (Phi) is 4.78. The molecule has 1 aromatic heterocycles. The quantitative estimate of drug-likeness (QED) is 0.576. The van der Waals surface area contributed by atoms with Gasteiger partial charge in [0.1, 0.15) is 0 Å². The van der Waals surface area contributed by atoms with Crippen molar-refractivity contribution >= 4 is 40.8 Å². The molecule has 0 bridgehead atoms. The van der Waals surface area contributed by atoms with Gasteiger partial charge in [-0.1, -0.05) is 29.3 Å². The van der Waals surface area contributed by atoms with E-state index in [0.29, 0.717) is 22.3 Å². The summed E-state index contributed by atoms with van der Waals surface area (Å²) in [6.45, 7) is 2.24. The molecule has 2 rings (SSSR count). The third-order valence-electron chi connectivity index (χ3n) is 2.22. The standard InChI is InChI=1S/C11H12Cl2N6O/c1-2-20-11-17-9(16-10(18-11)19-14)15-7-5-3-4-6(12)8(7)13/h3-5H,2,14H2,1H3,(H2,15,16,17,18,19). The third kappa shape index (κ3) is 3.38. The van der Waals surface area contributed by atoms with Crippen LogP contribution in [0.3, 0.4) is 0 Å². The maximum absolute atomic E-state index is 6.08. The maximum Gasteiger partial charge on any atom is 0.323 e. The Bertz CT molecular complexity index is 609. The van der Waals surface area contributed by atoms with Gasteiger partial charge in [-0.2, -0.15) is 15.0 Å². The van der Waals surface area contributed by atoms with Crippen LogP contribution in [0.1, 0.15) is 6.92 Å². The average molecular weight is 315 g/mol. The van der Waals surface area contributed by atoms with Crippen molar-refractivity contribution in [2.45, 2.75) is 6.92 Å². The highest BCUT2D eigenvalue weighted by molar-refractivity contribution is 6.43. The van der Waals surface area contributed by atoms with Crippen LogP contribution in [0.2, 0.25) is 10.0 Å². The number of nitrogen functional groups attached to an aromatic ring is 1. The Morgan fingerprint density at radius 2 is 1.95 bits per heavy atom. The molecule has 0 amide bonds. The van der Waals surface area contributed by atoms with Crippen LogP contribution < -0.4 is 21.3 Å². The number of aromatic nitrogens is 3. The number of hydrogen-bond donors (Lipinski definition) is 3. The summed E-state index contributed by atoms with van der Waals surface area (Å²) in [7, 11) is 0. The van der Waals surface area contributed by atoms with E-state index in [1.165, 1.54) is 0 Å². The van der Waals surface area contributed by atoms with Gasteiger partial charge in [-0.3, -0.25) is 5.43 Å². The van der Waals surface area contributed by atoms with Crippen LogP contribution in [-0.2, 0) is 0 Å². The molecule has 0 radical (unpaired) electrons. The van der Waals surface area contributed by atoms with Gasteiger partial charge in [0, 0.05) is 0 Å². The van der Waals surface area contributed by atoms with Crippen LogP contribution in [0.4, 0.5) is 17.6 Å². The zero-order valence-electron chi connectivity index (χ0n) is 10.5. The fourth-order valence-electron chi connectivity index (χ4n) is 1.39. The summed E-state index contributed by atoms with van der Waals surface area (Å²) in [4.78, 5) is 12.1. The first-order chi connectivity index (χ1) is 9.63. The number of benzene rings is 1. The van der Waals surface area contributed by atoms with E-state index in [1.807, 2.05) is 6.92 Å². The van der Waals surface area contributed by atoms with Crippen LogP contribution in [0.15, 0.2) is 18.2 Å². The average Bonchev–Trinajstić information content (AvgIpc) is 2.44. The number of anilines is 3. The number of rotatable bonds is 5. The number of nitrogens with zero attached hydrogens (tertiary/aromatic N) is 3. The van der Waals surface area contributed by atoms with E-state index in [4.69, 9.17) is 33.8 Å². The van der Waals surface area contributed by atoms with E-state index in [1.54, 1.807) is 18.2 Å². The highest BCUT2D eigenvalue weighted by Crippen LogP contribution is 2.31. The molecule has 0 aliphatic carbocycles. The van der Waals surface area contributed by atoms with Crippen molar-refractivity contribution in [1.82, 2.24) is 15.0 Å². The fraction of sp³-hybridized carbons (Fsp3) is 0.182. The van der Waals surface area contributed by atoms with Crippen LogP contribution in [0.5, 0.6) is 6.01 Å². The van der Waals surface area contributed by atoms with Gasteiger partial charge in [0.2, 0.25) is 11.9 Å². The summed E-state index contributed by atoms with van der Waals surface area (Å²) in [6, 6.07) is 5.33. The molecule has 20 heavy (non-hydrogen) atoms. The van der Waals surface area contributed by atoms with E-state index in [-0.39, 0.29) is 17.9 Å². The van der Waals surface area contributed by atoms with Crippen molar-refractivity contribution in [1.29, 1.82) is 0 Å². The fourth-order valence-corrected chi connectivity index (χ4v) is 1.74. The molecular formula is C11H12Cl2N6O. The maximum atomic E-state index is 6.08. The van der Waals surface area contributed by atoms with E-state index >= 15 is 0 Å². The Morgan fingerprint density at radius 1 is 1.20 bits per heavy atom. The molecule has 0 aliphatic rings. The van der Waals surface area contributed by atoms with Crippen LogP contribution in [0.25, 0.3) is 0 Å². The molecule has 1 aromatic carbocycles. The monoisotopic (exact) mass is 314 g/mol. The molecule has 9 heteroatoms. The zero-order chi connectivity index (χ0) is 14.5. The number of ether oxygens (including phenoxy) is 1. The van der Waals surface area contributed by atoms with Crippen molar-refractivity contribution in [2.24, 2.45) is 5.84 Å². The molecular weight excluding hydrogens is 303 g/mol. The molecule has 4 N–H and O–H groups in total. The molecule has 1 heterocycles. The number of nitrogens with two attached hydrogens (primary N) is 1. The number of nitrogens with one attached hydrogen (secondary N) is 2. The molecule has 0 fully saturated rings. The second kappa shape index (κ2) is 6.56. The summed E-state index contributed by atoms with van der Waals surface area (Å²) in [6.07, 6.45) is 0. The van der Waals surface area contributed by atoms with E-state index in [9.17, 15) is 0 Å². The van der Waals surface area contributed by atoms with Gasteiger partial charge in [0.05, 0.1) is 22.3 Å². The SMILES string of the molecule is CCOc1nc(NN)nc(Nc2cccc(Cl)c2Cl)n1. The van der Waals surface area contributed by atoms with Gasteiger partial charge in [-0.25, -0.2) is 5.84 Å². The number of hydrogen-bond acceptors (Lipinski definition) is 7. The first-order valence-electron chi connectivity index (χ1n) is 5.70. The van der Waals surface area contributed by atoms with Crippen molar-refractivity contribution < 1.29 is 4.74 Å². The van der Waals surface area contributed by atoms with E-state index in [2.05, 4.69) is 25.7 Å². The van der Waals surface area contributed by atoms with Gasteiger partial charge < -0.3 is 10.1 Å². The summed E-state index contributed by atoms with van der Waals surface area (Å²) in [5.74, 6) is 5.70. The molecule has 2 aromatic rings. The number of hydrazine groups is 1. The highest BCUT2D eigenvalue weighted by Gasteiger charge is 2.10. The highest BCUT2D eigenvalue weighted by atomic mass is 35.5.